The van der Waals surface area contributed by atoms with Gasteiger partial charge in [0.05, 0.1) is 12.8 Å². The molecule has 2 amide bonds. The van der Waals surface area contributed by atoms with Crippen molar-refractivity contribution in [2.45, 2.75) is 0 Å². The number of imide groups is 1. The molecule has 0 saturated heterocycles. The molecular weight excluding hydrogens is 318 g/mol. The lowest BCUT2D eigenvalue weighted by molar-refractivity contribution is 0.0921. The predicted octanol–water partition coefficient (Wildman–Crippen LogP) is 2.80. The normalized spacial score (nSPS) is 13.7. The van der Waals surface area contributed by atoms with Gasteiger partial charge in [-0.2, -0.15) is 0 Å². The lowest BCUT2D eigenvalue weighted by atomic mass is 10.2. The summed E-state index contributed by atoms with van der Waals surface area (Å²) in [6, 6.07) is 10.1. The summed E-state index contributed by atoms with van der Waals surface area (Å²) in [5, 5.41) is 0.401. The van der Waals surface area contributed by atoms with E-state index in [1.165, 1.54) is 13.2 Å². The second-order valence-electron chi connectivity index (χ2n) is 5.00. The first-order valence-corrected chi connectivity index (χ1v) is 7.19. The topological polar surface area (TPSA) is 63.9 Å². The summed E-state index contributed by atoms with van der Waals surface area (Å²) in [4.78, 5) is 30.8. The number of carbonyl (C=O) groups is 2. The average molecular weight is 328 g/mol. The minimum Gasteiger partial charge on any atom is -0.495 e. The summed E-state index contributed by atoms with van der Waals surface area (Å²) >= 11 is 6.00. The van der Waals surface area contributed by atoms with E-state index in [9.17, 15) is 9.59 Å². The molecule has 114 valence electrons. The van der Waals surface area contributed by atoms with Crippen molar-refractivity contribution in [2.75, 3.05) is 12.0 Å². The van der Waals surface area contributed by atoms with E-state index in [-0.39, 0.29) is 11.4 Å². The molecule has 0 radical (unpaired) electrons. The van der Waals surface area contributed by atoms with Crippen molar-refractivity contribution in [3.05, 3.63) is 59.0 Å². The third-order valence-electron chi connectivity index (χ3n) is 3.72. The molecule has 1 aromatic carbocycles. The average Bonchev–Trinajstić information content (AvgIpc) is 3.04. The van der Waals surface area contributed by atoms with E-state index < -0.39 is 11.8 Å². The molecular formula is C16H10ClN3O3. The largest absolute Gasteiger partial charge is 0.495 e. The molecule has 3 heterocycles. The van der Waals surface area contributed by atoms with Crippen molar-refractivity contribution in [3.63, 3.8) is 0 Å². The molecule has 3 aromatic rings. The highest BCUT2D eigenvalue weighted by molar-refractivity contribution is 6.35. The molecule has 0 unspecified atom stereocenters. The summed E-state index contributed by atoms with van der Waals surface area (Å²) in [5.41, 5.74) is 1.23. The van der Waals surface area contributed by atoms with Crippen LogP contribution in [0, 0.1) is 0 Å². The maximum Gasteiger partial charge on any atom is 0.286 e. The van der Waals surface area contributed by atoms with Crippen LogP contribution in [-0.4, -0.2) is 28.3 Å². The van der Waals surface area contributed by atoms with Crippen molar-refractivity contribution >= 4 is 34.7 Å². The fraction of sp³-hybridized carbons (Fsp3) is 0.0625. The minimum atomic E-state index is -0.491. The van der Waals surface area contributed by atoms with Crippen LogP contribution in [0.4, 0.5) is 5.69 Å². The molecule has 0 aliphatic carbocycles. The highest BCUT2D eigenvalue weighted by Gasteiger charge is 2.42. The Morgan fingerprint density at radius 3 is 2.74 bits per heavy atom. The number of methoxy groups -OCH3 is 1. The summed E-state index contributed by atoms with van der Waals surface area (Å²) in [6.45, 7) is 0. The van der Waals surface area contributed by atoms with Crippen molar-refractivity contribution in [2.24, 2.45) is 0 Å². The smallest absolute Gasteiger partial charge is 0.286 e. The third-order valence-corrected chi connectivity index (χ3v) is 3.96. The van der Waals surface area contributed by atoms with Crippen molar-refractivity contribution in [3.8, 4) is 5.75 Å². The molecule has 0 fully saturated rings. The number of hydrogen-bond acceptors (Lipinski definition) is 4. The zero-order chi connectivity index (χ0) is 16.1. The van der Waals surface area contributed by atoms with Crippen molar-refractivity contribution in [1.29, 1.82) is 0 Å². The quantitative estimate of drug-likeness (QED) is 0.679. The molecule has 7 heteroatoms. The van der Waals surface area contributed by atoms with Crippen LogP contribution in [0.2, 0.25) is 5.02 Å². The number of amides is 2. The molecule has 23 heavy (non-hydrogen) atoms. The van der Waals surface area contributed by atoms with Gasteiger partial charge in [-0.25, -0.2) is 9.88 Å². The van der Waals surface area contributed by atoms with Crippen LogP contribution < -0.4 is 9.64 Å². The zero-order valence-electron chi connectivity index (χ0n) is 12.0. The molecule has 1 aliphatic rings. The number of aromatic nitrogens is 2. The molecule has 1 aliphatic heterocycles. The number of rotatable bonds is 2. The van der Waals surface area contributed by atoms with Gasteiger partial charge in [-0.1, -0.05) is 17.7 Å². The fourth-order valence-electron chi connectivity index (χ4n) is 2.71. The summed E-state index contributed by atoms with van der Waals surface area (Å²) in [7, 11) is 1.47. The monoisotopic (exact) mass is 327 g/mol. The van der Waals surface area contributed by atoms with E-state index in [4.69, 9.17) is 16.3 Å². The van der Waals surface area contributed by atoms with Gasteiger partial charge in [0.1, 0.15) is 17.1 Å². The number of ether oxygens (including phenoxy) is 1. The Labute approximate surface area is 135 Å². The Morgan fingerprint density at radius 2 is 1.96 bits per heavy atom. The van der Waals surface area contributed by atoms with E-state index in [2.05, 4.69) is 4.98 Å². The van der Waals surface area contributed by atoms with Gasteiger partial charge in [-0.3, -0.25) is 14.0 Å². The van der Waals surface area contributed by atoms with E-state index in [0.717, 1.165) is 4.90 Å². The number of pyridine rings is 1. The van der Waals surface area contributed by atoms with Crippen LogP contribution >= 0.6 is 11.6 Å². The number of halogens is 1. The van der Waals surface area contributed by atoms with Crippen LogP contribution in [0.25, 0.3) is 5.65 Å². The number of anilines is 1. The Hall–Kier alpha value is -2.86. The summed E-state index contributed by atoms with van der Waals surface area (Å²) < 4.78 is 6.84. The van der Waals surface area contributed by atoms with Crippen molar-refractivity contribution < 1.29 is 14.3 Å². The van der Waals surface area contributed by atoms with Crippen LogP contribution in [0.15, 0.2) is 42.6 Å². The molecule has 2 aromatic heterocycles. The number of nitrogens with zero attached hydrogens (tertiary/aromatic N) is 3. The van der Waals surface area contributed by atoms with Gasteiger partial charge in [0.25, 0.3) is 11.8 Å². The highest BCUT2D eigenvalue weighted by Crippen LogP contribution is 2.36. The Bertz CT molecular complexity index is 980. The second kappa shape index (κ2) is 4.82. The number of imidazole rings is 1. The highest BCUT2D eigenvalue weighted by atomic mass is 35.5. The molecule has 0 atom stereocenters. The van der Waals surface area contributed by atoms with Gasteiger partial charge in [0.15, 0.2) is 5.69 Å². The first-order chi connectivity index (χ1) is 11.1. The van der Waals surface area contributed by atoms with Crippen LogP contribution in [-0.2, 0) is 0 Å². The number of hydrogen-bond donors (Lipinski definition) is 0. The van der Waals surface area contributed by atoms with E-state index in [1.54, 1.807) is 40.9 Å². The first kappa shape index (κ1) is 13.8. The predicted molar refractivity (Wildman–Crippen MR) is 84.3 cm³/mol. The first-order valence-electron chi connectivity index (χ1n) is 6.81. The van der Waals surface area contributed by atoms with Crippen molar-refractivity contribution in [1.82, 2.24) is 9.38 Å². The van der Waals surface area contributed by atoms with Gasteiger partial charge in [0.2, 0.25) is 0 Å². The number of carbonyl (C=O) groups excluding carboxylic acids is 2. The standard InChI is InChI=1S/C16H10ClN3O3/c1-23-11-6-5-9(17)8-10(11)20-15(21)13-14(16(20)22)19-7-3-2-4-12(19)18-13/h2-8H,1H3. The lowest BCUT2D eigenvalue weighted by Gasteiger charge is -2.17. The Balaban J connectivity index is 1.92. The molecule has 0 N–H and O–H groups in total. The minimum absolute atomic E-state index is 0.128. The molecule has 6 nitrogen and oxygen atoms in total. The van der Waals surface area contributed by atoms with Gasteiger partial charge in [-0.15, -0.1) is 0 Å². The zero-order valence-corrected chi connectivity index (χ0v) is 12.7. The van der Waals surface area contributed by atoms with E-state index >= 15 is 0 Å². The molecule has 0 spiro atoms. The molecule has 0 bridgehead atoms. The van der Waals surface area contributed by atoms with Crippen LogP contribution in [0.1, 0.15) is 21.0 Å². The van der Waals surface area contributed by atoms with Crippen LogP contribution in [0.5, 0.6) is 5.75 Å². The van der Waals surface area contributed by atoms with Gasteiger partial charge < -0.3 is 4.74 Å². The maximum atomic E-state index is 12.8. The number of fused-ring (bicyclic) bond motifs is 3. The summed E-state index contributed by atoms with van der Waals surface area (Å²) in [6.07, 6.45) is 1.70. The Kier molecular flexibility index (Phi) is 2.89. The second-order valence-corrected chi connectivity index (χ2v) is 5.44. The molecule has 0 saturated carbocycles. The maximum absolute atomic E-state index is 12.8. The van der Waals surface area contributed by atoms with E-state index in [1.807, 2.05) is 0 Å². The summed E-state index contributed by atoms with van der Waals surface area (Å²) in [5.74, 6) is -0.561. The van der Waals surface area contributed by atoms with Gasteiger partial charge in [0, 0.05) is 11.2 Å². The number of benzene rings is 1. The lowest BCUT2D eigenvalue weighted by Crippen LogP contribution is -2.30. The molecule has 4 rings (SSSR count). The van der Waals surface area contributed by atoms with Gasteiger partial charge >= 0.3 is 0 Å². The Morgan fingerprint density at radius 1 is 1.13 bits per heavy atom. The SMILES string of the molecule is COc1ccc(Cl)cc1N1C(=O)c2nc3ccccn3c2C1=O. The third kappa shape index (κ3) is 1.85. The van der Waals surface area contributed by atoms with Crippen LogP contribution in [0.3, 0.4) is 0 Å². The fourth-order valence-corrected chi connectivity index (χ4v) is 2.88. The van der Waals surface area contributed by atoms with Gasteiger partial charge in [-0.05, 0) is 30.3 Å². The van der Waals surface area contributed by atoms with E-state index in [0.29, 0.717) is 22.1 Å².